The fourth-order valence-electron chi connectivity index (χ4n) is 5.04. The molecule has 1 fully saturated rings. The lowest BCUT2D eigenvalue weighted by atomic mass is 10.1. The summed E-state index contributed by atoms with van der Waals surface area (Å²) in [5, 5.41) is 3.34. The predicted molar refractivity (Wildman–Crippen MR) is 154 cm³/mol. The Kier molecular flexibility index (Phi) is 6.26. The second-order valence-electron chi connectivity index (χ2n) is 9.73. The first-order chi connectivity index (χ1) is 18.0. The van der Waals surface area contributed by atoms with E-state index in [1.54, 1.807) is 18.1 Å². The highest BCUT2D eigenvalue weighted by Crippen LogP contribution is 2.41. The zero-order valence-corrected chi connectivity index (χ0v) is 22.3. The van der Waals surface area contributed by atoms with Crippen molar-refractivity contribution >= 4 is 57.1 Å². The van der Waals surface area contributed by atoms with E-state index in [1.807, 2.05) is 35.8 Å². The van der Waals surface area contributed by atoms with Crippen LogP contribution in [0.1, 0.15) is 22.3 Å². The third-order valence-electron chi connectivity index (χ3n) is 7.30. The molecule has 0 aliphatic carbocycles. The molecule has 0 radical (unpaired) electrons. The molecule has 37 heavy (non-hydrogen) atoms. The van der Waals surface area contributed by atoms with Gasteiger partial charge in [0.2, 0.25) is 5.95 Å². The lowest BCUT2D eigenvalue weighted by molar-refractivity contribution is 0.0994. The van der Waals surface area contributed by atoms with Gasteiger partial charge in [0.05, 0.1) is 17.4 Å². The Morgan fingerprint density at radius 2 is 1.70 bits per heavy atom. The van der Waals surface area contributed by atoms with Gasteiger partial charge in [0.25, 0.3) is 5.91 Å². The molecule has 0 saturated carbocycles. The average molecular weight is 514 g/mol. The Bertz CT molecular complexity index is 1370. The number of carbonyl (C=O) groups excluding carboxylic acids is 1. The molecule has 1 amide bonds. The molecule has 0 atom stereocenters. The standard InChI is InChI=1S/C28H31N7OS/c1-32-12-14-35(15-13-32)21-9-7-20(8-10-21)30-28-29-18-24-26(31-28)33(2)23-11-6-19(25-5-4-16-37-25)17-22(23)27(36)34(24)3/h5-11,17-18H,4,12-16H2,1-3H3,(H,29,30,31). The summed E-state index contributed by atoms with van der Waals surface area (Å²) in [6.45, 7) is 4.23. The number of anilines is 6. The van der Waals surface area contributed by atoms with Gasteiger partial charge in [-0.25, -0.2) is 4.98 Å². The molecule has 0 spiro atoms. The molecule has 1 N–H and O–H groups in total. The minimum Gasteiger partial charge on any atom is -0.369 e. The number of likely N-dealkylation sites (N-methyl/N-ethyl adjacent to an activating group) is 1. The minimum absolute atomic E-state index is 0.0603. The smallest absolute Gasteiger partial charge is 0.260 e. The SMILES string of the molecule is CN1CCN(c2ccc(Nc3ncc4c(n3)N(C)c3ccc(C5=CCCS5)cc3C(=O)N4C)cc2)CC1. The van der Waals surface area contributed by atoms with E-state index in [1.165, 1.54) is 10.6 Å². The number of nitrogens with zero attached hydrogens (tertiary/aromatic N) is 6. The highest BCUT2D eigenvalue weighted by molar-refractivity contribution is 8.08. The zero-order chi connectivity index (χ0) is 25.5. The van der Waals surface area contributed by atoms with E-state index < -0.39 is 0 Å². The number of allylic oxidation sites excluding steroid dienone is 1. The molecule has 6 rings (SSSR count). The van der Waals surface area contributed by atoms with Gasteiger partial charge in [-0.05, 0) is 55.4 Å². The zero-order valence-electron chi connectivity index (χ0n) is 21.4. The van der Waals surface area contributed by atoms with E-state index in [0.29, 0.717) is 23.0 Å². The number of amides is 1. The van der Waals surface area contributed by atoms with Crippen LogP contribution in [0.5, 0.6) is 0 Å². The third kappa shape index (κ3) is 4.53. The summed E-state index contributed by atoms with van der Waals surface area (Å²) < 4.78 is 0. The van der Waals surface area contributed by atoms with Crippen molar-refractivity contribution in [3.63, 3.8) is 0 Å². The van der Waals surface area contributed by atoms with E-state index in [0.717, 1.165) is 55.3 Å². The van der Waals surface area contributed by atoms with Crippen LogP contribution in [-0.4, -0.2) is 73.8 Å². The minimum atomic E-state index is -0.0603. The molecule has 2 aromatic carbocycles. The summed E-state index contributed by atoms with van der Waals surface area (Å²) >= 11 is 1.84. The number of piperazine rings is 1. The number of thioether (sulfide) groups is 1. The third-order valence-corrected chi connectivity index (χ3v) is 8.46. The largest absolute Gasteiger partial charge is 0.369 e. The normalized spacial score (nSPS) is 17.9. The van der Waals surface area contributed by atoms with Crippen LogP contribution in [-0.2, 0) is 0 Å². The van der Waals surface area contributed by atoms with Gasteiger partial charge in [-0.2, -0.15) is 4.98 Å². The van der Waals surface area contributed by atoms with Crippen LogP contribution < -0.4 is 20.0 Å². The van der Waals surface area contributed by atoms with Crippen molar-refractivity contribution in [1.82, 2.24) is 14.9 Å². The van der Waals surface area contributed by atoms with Gasteiger partial charge in [-0.1, -0.05) is 12.1 Å². The molecule has 1 aromatic heterocycles. The van der Waals surface area contributed by atoms with Crippen LogP contribution in [0.2, 0.25) is 0 Å². The van der Waals surface area contributed by atoms with Crippen LogP contribution in [0.4, 0.5) is 34.5 Å². The van der Waals surface area contributed by atoms with Crippen molar-refractivity contribution in [3.05, 3.63) is 65.9 Å². The molecule has 3 aliphatic heterocycles. The van der Waals surface area contributed by atoms with Crippen molar-refractivity contribution in [1.29, 1.82) is 0 Å². The van der Waals surface area contributed by atoms with E-state index in [4.69, 9.17) is 4.98 Å². The van der Waals surface area contributed by atoms with Crippen molar-refractivity contribution in [2.75, 3.05) is 73.1 Å². The summed E-state index contributed by atoms with van der Waals surface area (Å²) in [6, 6.07) is 14.5. The molecule has 4 heterocycles. The van der Waals surface area contributed by atoms with Gasteiger partial charge in [-0.15, -0.1) is 11.8 Å². The number of benzene rings is 2. The molecule has 0 bridgehead atoms. The fourth-order valence-corrected chi connectivity index (χ4v) is 6.02. The van der Waals surface area contributed by atoms with Crippen molar-refractivity contribution in [2.24, 2.45) is 0 Å². The number of hydrogen-bond donors (Lipinski definition) is 1. The van der Waals surface area contributed by atoms with E-state index in [2.05, 4.69) is 63.6 Å². The molecule has 3 aliphatic rings. The summed E-state index contributed by atoms with van der Waals surface area (Å²) in [5.74, 6) is 2.21. The Hall–Kier alpha value is -3.56. The Morgan fingerprint density at radius 1 is 0.919 bits per heavy atom. The molecule has 9 heteroatoms. The molecule has 1 saturated heterocycles. The maximum Gasteiger partial charge on any atom is 0.260 e. The van der Waals surface area contributed by atoms with Gasteiger partial charge >= 0.3 is 0 Å². The van der Waals surface area contributed by atoms with Gasteiger partial charge < -0.3 is 24.9 Å². The summed E-state index contributed by atoms with van der Waals surface area (Å²) in [4.78, 5) is 32.5. The molecule has 190 valence electrons. The number of fused-ring (bicyclic) bond motifs is 2. The lowest BCUT2D eigenvalue weighted by Crippen LogP contribution is -2.44. The first-order valence-corrected chi connectivity index (χ1v) is 13.6. The second-order valence-corrected chi connectivity index (χ2v) is 10.9. The highest BCUT2D eigenvalue weighted by Gasteiger charge is 2.30. The quantitative estimate of drug-likeness (QED) is 0.533. The van der Waals surface area contributed by atoms with E-state index in [-0.39, 0.29) is 5.91 Å². The van der Waals surface area contributed by atoms with Gasteiger partial charge in [0.15, 0.2) is 5.82 Å². The molecule has 3 aromatic rings. The summed E-state index contributed by atoms with van der Waals surface area (Å²) in [5.41, 5.74) is 5.42. The molecule has 0 unspecified atom stereocenters. The van der Waals surface area contributed by atoms with Gasteiger partial charge in [0, 0.05) is 62.3 Å². The second kappa shape index (κ2) is 9.72. The number of aromatic nitrogens is 2. The predicted octanol–water partition coefficient (Wildman–Crippen LogP) is 4.81. The average Bonchev–Trinajstić information content (AvgIpc) is 3.46. The number of hydrogen-bond acceptors (Lipinski definition) is 8. The lowest BCUT2D eigenvalue weighted by Gasteiger charge is -2.34. The highest BCUT2D eigenvalue weighted by atomic mass is 32.2. The monoisotopic (exact) mass is 513 g/mol. The maximum atomic E-state index is 13.5. The fraction of sp³-hybridized carbons (Fsp3) is 0.321. The topological polar surface area (TPSA) is 67.8 Å². The van der Waals surface area contributed by atoms with Crippen molar-refractivity contribution in [2.45, 2.75) is 6.42 Å². The number of nitrogens with one attached hydrogen (secondary N) is 1. The van der Waals surface area contributed by atoms with E-state index in [9.17, 15) is 4.79 Å². The van der Waals surface area contributed by atoms with Crippen molar-refractivity contribution < 1.29 is 4.79 Å². The van der Waals surface area contributed by atoms with Crippen LogP contribution in [0.15, 0.2) is 54.7 Å². The van der Waals surface area contributed by atoms with Crippen LogP contribution in [0.3, 0.4) is 0 Å². The number of rotatable bonds is 4. The molecular formula is C28H31N7OS. The Labute approximate surface area is 222 Å². The first kappa shape index (κ1) is 23.8. The van der Waals surface area contributed by atoms with Crippen LogP contribution in [0, 0.1) is 0 Å². The summed E-state index contributed by atoms with van der Waals surface area (Å²) in [6.07, 6.45) is 5.04. The van der Waals surface area contributed by atoms with Crippen molar-refractivity contribution in [3.8, 4) is 0 Å². The van der Waals surface area contributed by atoms with Gasteiger partial charge in [-0.3, -0.25) is 4.79 Å². The Morgan fingerprint density at radius 3 is 2.43 bits per heavy atom. The Balaban J connectivity index is 1.26. The molecule has 8 nitrogen and oxygen atoms in total. The summed E-state index contributed by atoms with van der Waals surface area (Å²) in [7, 11) is 5.90. The maximum absolute atomic E-state index is 13.5. The number of carbonyl (C=O) groups is 1. The van der Waals surface area contributed by atoms with E-state index >= 15 is 0 Å². The van der Waals surface area contributed by atoms with Gasteiger partial charge in [0.1, 0.15) is 5.69 Å². The first-order valence-electron chi connectivity index (χ1n) is 12.6. The molecular weight excluding hydrogens is 482 g/mol. The van der Waals surface area contributed by atoms with Crippen LogP contribution >= 0.6 is 11.8 Å². The van der Waals surface area contributed by atoms with Crippen LogP contribution in [0.25, 0.3) is 4.91 Å².